The van der Waals surface area contributed by atoms with Gasteiger partial charge in [-0.05, 0) is 95.7 Å². The van der Waals surface area contributed by atoms with Crippen molar-refractivity contribution in [1.82, 2.24) is 0 Å². The van der Waals surface area contributed by atoms with Crippen LogP contribution in [0.25, 0.3) is 82.9 Å². The molecule has 4 N–H and O–H groups in total. The number of aliphatic imine (C=N–C) groups is 1. The predicted molar refractivity (Wildman–Crippen MR) is 239 cm³/mol. The molecule has 1 aliphatic carbocycles. The topological polar surface area (TPSA) is 64.4 Å². The highest BCUT2D eigenvalue weighted by molar-refractivity contribution is 6.28. The van der Waals surface area contributed by atoms with E-state index in [1.165, 1.54) is 71.6 Å². The molecule has 0 heterocycles. The number of nitrogens with zero attached hydrogens (tertiary/aromatic N) is 1. The van der Waals surface area contributed by atoms with Crippen LogP contribution in [0.2, 0.25) is 0 Å². The zero-order chi connectivity index (χ0) is 38.0. The lowest BCUT2D eigenvalue weighted by Gasteiger charge is -2.20. The number of hydrogen-bond donors (Lipinski definition) is 2. The molecule has 0 unspecified atom stereocenters. The number of allylic oxidation sites excluding steroid dienone is 4. The van der Waals surface area contributed by atoms with Crippen LogP contribution in [0, 0.1) is 0 Å². The first-order valence-corrected chi connectivity index (χ1v) is 19.1. The van der Waals surface area contributed by atoms with E-state index in [-0.39, 0.29) is 0 Å². The van der Waals surface area contributed by atoms with Gasteiger partial charge in [-0.3, -0.25) is 0 Å². The Bertz CT molecular complexity index is 2770. The second-order valence-electron chi connectivity index (χ2n) is 14.2. The molecule has 0 fully saturated rings. The predicted octanol–water partition coefficient (Wildman–Crippen LogP) is 13.2. The summed E-state index contributed by atoms with van der Waals surface area (Å²) in [4.78, 5) is 4.92. The van der Waals surface area contributed by atoms with E-state index in [1.54, 1.807) is 0 Å². The maximum absolute atomic E-state index is 6.55. The van der Waals surface area contributed by atoms with Crippen LogP contribution in [0.15, 0.2) is 205 Å². The average molecular weight is 720 g/mol. The minimum absolute atomic E-state index is 0.460. The van der Waals surface area contributed by atoms with Gasteiger partial charge in [0.05, 0.1) is 5.70 Å². The van der Waals surface area contributed by atoms with Gasteiger partial charge in [0, 0.05) is 17.7 Å². The van der Waals surface area contributed by atoms with E-state index in [0.29, 0.717) is 12.3 Å². The normalized spacial score (nSPS) is 12.8. The van der Waals surface area contributed by atoms with Gasteiger partial charge >= 0.3 is 0 Å². The Labute approximate surface area is 328 Å². The van der Waals surface area contributed by atoms with Gasteiger partial charge in [-0.2, -0.15) is 0 Å². The summed E-state index contributed by atoms with van der Waals surface area (Å²) in [6.45, 7) is 1.98. The molecular formula is C53H41N3. The van der Waals surface area contributed by atoms with Crippen LogP contribution in [-0.4, -0.2) is 5.84 Å². The lowest BCUT2D eigenvalue weighted by atomic mass is 9.82. The van der Waals surface area contributed by atoms with Crippen LogP contribution >= 0.6 is 0 Å². The minimum Gasteiger partial charge on any atom is -0.402 e. The van der Waals surface area contributed by atoms with Crippen LogP contribution in [0.1, 0.15) is 24.5 Å². The van der Waals surface area contributed by atoms with Crippen molar-refractivity contribution in [3.63, 3.8) is 0 Å². The molecule has 8 aromatic rings. The molecule has 0 amide bonds. The van der Waals surface area contributed by atoms with Crippen molar-refractivity contribution in [3.05, 3.63) is 211 Å². The summed E-state index contributed by atoms with van der Waals surface area (Å²) in [6.07, 6.45) is 8.43. The molecule has 0 radical (unpaired) electrons. The first-order chi connectivity index (χ1) is 27.6. The molecule has 3 nitrogen and oxygen atoms in total. The fourth-order valence-electron chi connectivity index (χ4n) is 8.22. The fourth-order valence-corrected chi connectivity index (χ4v) is 8.22. The van der Waals surface area contributed by atoms with E-state index in [2.05, 4.69) is 146 Å². The number of amidine groups is 1. The highest BCUT2D eigenvalue weighted by Gasteiger charge is 2.31. The summed E-state index contributed by atoms with van der Waals surface area (Å²) in [5.74, 6) is 0.460. The summed E-state index contributed by atoms with van der Waals surface area (Å²) in [7, 11) is 0. The molecule has 0 bridgehead atoms. The Morgan fingerprint density at radius 2 is 1.02 bits per heavy atom. The van der Waals surface area contributed by atoms with Gasteiger partial charge in [0.2, 0.25) is 0 Å². The highest BCUT2D eigenvalue weighted by atomic mass is 14.9. The standard InChI is InChI=1S/C53H41N3/c1-2-3-22-40(54)31-34-47(56-53(55)39-20-11-6-12-21-39)36-29-27-35(28-30-36)41-32-33-46-50-42(41)25-15-26-45(50)51-48(37-16-7-4-8-17-37)43-23-13-14-24-44(43)49(52(46)51)38-18-9-5-10-19-38/h2-30,32-34H,31,54H2,1H3,(H2,55,56)/b3-2-,40-22-,47-34-. The van der Waals surface area contributed by atoms with Gasteiger partial charge in [-0.15, -0.1) is 0 Å². The van der Waals surface area contributed by atoms with Crippen molar-refractivity contribution in [1.29, 1.82) is 0 Å². The maximum atomic E-state index is 6.55. The number of nitrogens with two attached hydrogens (primary N) is 2. The Balaban J connectivity index is 1.21. The lowest BCUT2D eigenvalue weighted by Crippen LogP contribution is -2.13. The number of fused-ring (bicyclic) bond motifs is 4. The Morgan fingerprint density at radius 1 is 0.482 bits per heavy atom. The molecule has 0 aliphatic heterocycles. The third-order valence-corrected chi connectivity index (χ3v) is 10.8. The summed E-state index contributed by atoms with van der Waals surface area (Å²) in [5.41, 5.74) is 28.7. The largest absolute Gasteiger partial charge is 0.402 e. The van der Waals surface area contributed by atoms with Gasteiger partial charge in [0.1, 0.15) is 5.84 Å². The van der Waals surface area contributed by atoms with E-state index >= 15 is 0 Å². The zero-order valence-corrected chi connectivity index (χ0v) is 31.3. The smallest absolute Gasteiger partial charge is 0.131 e. The second-order valence-corrected chi connectivity index (χ2v) is 14.2. The number of rotatable bonds is 9. The molecule has 0 saturated carbocycles. The molecule has 0 atom stereocenters. The van der Waals surface area contributed by atoms with Crippen molar-refractivity contribution in [2.75, 3.05) is 0 Å². The molecule has 0 aromatic heterocycles. The van der Waals surface area contributed by atoms with Gasteiger partial charge < -0.3 is 11.5 Å². The van der Waals surface area contributed by atoms with Crippen LogP contribution < -0.4 is 11.5 Å². The monoisotopic (exact) mass is 719 g/mol. The van der Waals surface area contributed by atoms with Crippen molar-refractivity contribution in [3.8, 4) is 55.6 Å². The van der Waals surface area contributed by atoms with E-state index in [4.69, 9.17) is 16.5 Å². The van der Waals surface area contributed by atoms with Crippen LogP contribution in [-0.2, 0) is 0 Å². The summed E-state index contributed by atoms with van der Waals surface area (Å²) in [5, 5.41) is 5.04. The van der Waals surface area contributed by atoms with Gasteiger partial charge in [-0.25, -0.2) is 4.99 Å². The number of benzene rings is 8. The van der Waals surface area contributed by atoms with Crippen molar-refractivity contribution in [2.24, 2.45) is 16.5 Å². The van der Waals surface area contributed by atoms with E-state index < -0.39 is 0 Å². The van der Waals surface area contributed by atoms with Crippen LogP contribution in [0.5, 0.6) is 0 Å². The summed E-state index contributed by atoms with van der Waals surface area (Å²) in [6, 6.07) is 60.6. The van der Waals surface area contributed by atoms with Crippen LogP contribution in [0.4, 0.5) is 0 Å². The Morgan fingerprint density at radius 3 is 1.62 bits per heavy atom. The molecule has 268 valence electrons. The molecular weight excluding hydrogens is 679 g/mol. The Hall–Kier alpha value is -7.23. The fraction of sp³-hybridized carbons (Fsp3) is 0.0377. The van der Waals surface area contributed by atoms with Gasteiger partial charge in [0.25, 0.3) is 0 Å². The molecule has 9 rings (SSSR count). The number of hydrogen-bond acceptors (Lipinski definition) is 2. The quantitative estimate of drug-likeness (QED) is 0.0886. The first kappa shape index (κ1) is 34.5. The van der Waals surface area contributed by atoms with E-state index in [1.807, 2.05) is 55.5 Å². The van der Waals surface area contributed by atoms with Gasteiger partial charge in [0.15, 0.2) is 0 Å². The van der Waals surface area contributed by atoms with E-state index in [9.17, 15) is 0 Å². The van der Waals surface area contributed by atoms with Gasteiger partial charge in [-0.1, -0.05) is 188 Å². The first-order valence-electron chi connectivity index (χ1n) is 19.1. The molecule has 56 heavy (non-hydrogen) atoms. The molecule has 1 aliphatic rings. The molecule has 0 spiro atoms. The van der Waals surface area contributed by atoms with E-state index in [0.717, 1.165) is 28.1 Å². The third kappa shape index (κ3) is 6.19. The summed E-state index contributed by atoms with van der Waals surface area (Å²) >= 11 is 0. The zero-order valence-electron chi connectivity index (χ0n) is 31.3. The molecule has 3 heteroatoms. The summed E-state index contributed by atoms with van der Waals surface area (Å²) < 4.78 is 0. The molecule has 0 saturated heterocycles. The SMILES string of the molecule is C/C=C\C=C(/N)C/C=C(\N=C(N)c1ccccc1)c1ccc(-c2ccc3c4c(cccc24)-c2c-3c(-c3ccccc3)c3ccccc3c2-c2ccccc2)cc1. The Kier molecular flexibility index (Phi) is 9.18. The molecule has 8 aromatic carbocycles. The minimum atomic E-state index is 0.460. The van der Waals surface area contributed by atoms with Crippen molar-refractivity contribution >= 4 is 33.1 Å². The van der Waals surface area contributed by atoms with Crippen LogP contribution in [0.3, 0.4) is 0 Å². The lowest BCUT2D eigenvalue weighted by molar-refractivity contribution is 1.16. The van der Waals surface area contributed by atoms with Crippen molar-refractivity contribution in [2.45, 2.75) is 13.3 Å². The maximum Gasteiger partial charge on any atom is 0.131 e. The van der Waals surface area contributed by atoms with Crippen molar-refractivity contribution < 1.29 is 0 Å². The highest BCUT2D eigenvalue weighted by Crippen LogP contribution is 2.58. The average Bonchev–Trinajstić information content (AvgIpc) is 3.59. The third-order valence-electron chi connectivity index (χ3n) is 10.8. The second kappa shape index (κ2) is 14.9.